The van der Waals surface area contributed by atoms with Crippen molar-refractivity contribution in [3.8, 4) is 11.8 Å². The van der Waals surface area contributed by atoms with E-state index in [2.05, 4.69) is 112 Å². The molecule has 0 amide bonds. The lowest BCUT2D eigenvalue weighted by molar-refractivity contribution is 0.119. The zero-order valence-electron chi connectivity index (χ0n) is 21.1. The molecule has 3 aromatic rings. The summed E-state index contributed by atoms with van der Waals surface area (Å²) in [5, 5.41) is 2.60. The largest absolute Gasteiger partial charge is 0.404 e. The van der Waals surface area contributed by atoms with Crippen molar-refractivity contribution in [2.45, 2.75) is 64.7 Å². The Morgan fingerprint density at radius 2 is 1.29 bits per heavy atom. The molecule has 0 heterocycles. The van der Waals surface area contributed by atoms with E-state index in [1.54, 1.807) is 0 Å². The molecule has 34 heavy (non-hydrogen) atoms. The minimum Gasteiger partial charge on any atom is -0.404 e. The van der Waals surface area contributed by atoms with Gasteiger partial charge in [-0.2, -0.15) is 0 Å². The van der Waals surface area contributed by atoms with E-state index in [0.717, 1.165) is 25.9 Å². The molecule has 0 spiro atoms. The lowest BCUT2D eigenvalue weighted by atomic mass is 10.2. The van der Waals surface area contributed by atoms with E-state index in [1.807, 2.05) is 18.2 Å². The second kappa shape index (κ2) is 12.7. The van der Waals surface area contributed by atoms with Crippen molar-refractivity contribution >= 4 is 18.7 Å². The van der Waals surface area contributed by atoms with Crippen LogP contribution in [0.2, 0.25) is 5.04 Å². The molecule has 0 fully saturated rings. The SMILES string of the molecule is C[C@@H](CC#CCCCOCc1ccccc1)O[Si](c1ccccc1)(c1ccccc1)C(C)(C)C. The highest BCUT2D eigenvalue weighted by Crippen LogP contribution is 2.37. The van der Waals surface area contributed by atoms with Gasteiger partial charge in [0.1, 0.15) is 0 Å². The molecule has 0 aliphatic carbocycles. The first-order valence-electron chi connectivity index (χ1n) is 12.3. The maximum Gasteiger partial charge on any atom is 0.261 e. The molecule has 178 valence electrons. The molecule has 0 bridgehead atoms. The second-order valence-corrected chi connectivity index (χ2v) is 14.0. The number of hydrogen-bond donors (Lipinski definition) is 0. The van der Waals surface area contributed by atoms with Gasteiger partial charge in [-0.3, -0.25) is 0 Å². The zero-order valence-corrected chi connectivity index (χ0v) is 22.1. The van der Waals surface area contributed by atoms with Gasteiger partial charge in [-0.15, -0.1) is 11.8 Å². The summed E-state index contributed by atoms with van der Waals surface area (Å²) in [4.78, 5) is 0. The zero-order chi connectivity index (χ0) is 24.3. The van der Waals surface area contributed by atoms with Crippen LogP contribution in [0.1, 0.15) is 52.5 Å². The summed E-state index contributed by atoms with van der Waals surface area (Å²) >= 11 is 0. The van der Waals surface area contributed by atoms with E-state index in [-0.39, 0.29) is 11.1 Å². The van der Waals surface area contributed by atoms with Crippen LogP contribution < -0.4 is 10.4 Å². The van der Waals surface area contributed by atoms with Crippen LogP contribution in [0.4, 0.5) is 0 Å². The summed E-state index contributed by atoms with van der Waals surface area (Å²) in [6.45, 7) is 10.5. The highest BCUT2D eigenvalue weighted by atomic mass is 28.4. The predicted molar refractivity (Wildman–Crippen MR) is 146 cm³/mol. The van der Waals surface area contributed by atoms with Crippen LogP contribution in [-0.2, 0) is 15.8 Å². The van der Waals surface area contributed by atoms with Crippen LogP contribution in [0.3, 0.4) is 0 Å². The van der Waals surface area contributed by atoms with Crippen molar-refractivity contribution in [2.24, 2.45) is 0 Å². The molecule has 3 rings (SSSR count). The van der Waals surface area contributed by atoms with Gasteiger partial charge in [0.15, 0.2) is 0 Å². The van der Waals surface area contributed by atoms with Gasteiger partial charge in [-0.05, 0) is 34.3 Å². The van der Waals surface area contributed by atoms with E-state index < -0.39 is 8.32 Å². The number of unbranched alkanes of at least 4 members (excludes halogenated alkanes) is 1. The van der Waals surface area contributed by atoms with Gasteiger partial charge in [0.25, 0.3) is 8.32 Å². The molecule has 0 unspecified atom stereocenters. The number of hydrogen-bond acceptors (Lipinski definition) is 2. The molecule has 3 aromatic carbocycles. The molecular weight excluding hydrogens is 432 g/mol. The Hall–Kier alpha value is -2.64. The lowest BCUT2D eigenvalue weighted by Gasteiger charge is -2.44. The Labute approximate surface area is 207 Å². The van der Waals surface area contributed by atoms with Crippen molar-refractivity contribution in [3.05, 3.63) is 96.6 Å². The molecule has 0 radical (unpaired) electrons. The standard InChI is InChI=1S/C31H38O2Si/c1-27(18-10-5-6-17-25-32-26-28-19-11-7-12-20-28)33-34(31(2,3)4,29-21-13-8-14-22-29)30-23-15-9-16-24-30/h7-9,11-16,19-24,27H,6,17-18,25-26H2,1-4H3/t27-/m0/s1. The molecule has 3 heteroatoms. The van der Waals surface area contributed by atoms with Gasteiger partial charge in [0.05, 0.1) is 12.7 Å². The summed E-state index contributed by atoms with van der Waals surface area (Å²) in [5.41, 5.74) is 1.21. The van der Waals surface area contributed by atoms with E-state index in [9.17, 15) is 0 Å². The molecule has 0 aliphatic heterocycles. The first kappa shape index (κ1) is 26.0. The van der Waals surface area contributed by atoms with Crippen LogP contribution in [0, 0.1) is 11.8 Å². The number of rotatable bonds is 10. The topological polar surface area (TPSA) is 18.5 Å². The van der Waals surface area contributed by atoms with Gasteiger partial charge in [-0.1, -0.05) is 112 Å². The third-order valence-corrected chi connectivity index (χ3v) is 11.2. The summed E-state index contributed by atoms with van der Waals surface area (Å²) in [7, 11) is -2.52. The van der Waals surface area contributed by atoms with E-state index in [1.165, 1.54) is 15.9 Å². The minimum atomic E-state index is -2.52. The summed E-state index contributed by atoms with van der Waals surface area (Å²) in [5.74, 6) is 6.69. The van der Waals surface area contributed by atoms with Gasteiger partial charge in [0.2, 0.25) is 0 Å². The van der Waals surface area contributed by atoms with Gasteiger partial charge in [0, 0.05) is 19.4 Å². The van der Waals surface area contributed by atoms with E-state index >= 15 is 0 Å². The minimum absolute atomic E-state index is 0.0203. The van der Waals surface area contributed by atoms with Crippen LogP contribution in [0.15, 0.2) is 91.0 Å². The summed E-state index contributed by atoms with van der Waals surface area (Å²) in [6, 6.07) is 31.9. The Kier molecular flexibility index (Phi) is 9.71. The number of benzene rings is 3. The normalized spacial score (nSPS) is 12.6. The van der Waals surface area contributed by atoms with Crippen molar-refractivity contribution in [1.29, 1.82) is 0 Å². The van der Waals surface area contributed by atoms with E-state index in [0.29, 0.717) is 6.61 Å². The monoisotopic (exact) mass is 470 g/mol. The van der Waals surface area contributed by atoms with Crippen LogP contribution in [0.5, 0.6) is 0 Å². The van der Waals surface area contributed by atoms with Crippen molar-refractivity contribution < 1.29 is 9.16 Å². The highest BCUT2D eigenvalue weighted by Gasteiger charge is 2.50. The molecule has 0 saturated heterocycles. The number of ether oxygens (including phenoxy) is 1. The summed E-state index contributed by atoms with van der Waals surface area (Å²) < 4.78 is 12.8. The Balaban J connectivity index is 1.61. The van der Waals surface area contributed by atoms with Crippen LogP contribution in [-0.4, -0.2) is 21.0 Å². The fourth-order valence-corrected chi connectivity index (χ4v) is 9.07. The first-order chi connectivity index (χ1) is 16.4. The molecule has 0 saturated carbocycles. The third-order valence-electron chi connectivity index (χ3n) is 6.01. The summed E-state index contributed by atoms with van der Waals surface area (Å²) in [6.07, 6.45) is 2.58. The first-order valence-corrected chi connectivity index (χ1v) is 14.2. The Morgan fingerprint density at radius 1 is 0.765 bits per heavy atom. The molecular formula is C31H38O2Si. The van der Waals surface area contributed by atoms with Crippen LogP contribution in [0.25, 0.3) is 0 Å². The lowest BCUT2D eigenvalue weighted by Crippen LogP contribution is -2.67. The molecule has 2 nitrogen and oxygen atoms in total. The quantitative estimate of drug-likeness (QED) is 0.195. The molecule has 0 aliphatic rings. The second-order valence-electron chi connectivity index (χ2n) is 9.79. The van der Waals surface area contributed by atoms with Crippen molar-refractivity contribution in [3.63, 3.8) is 0 Å². The maximum atomic E-state index is 7.08. The van der Waals surface area contributed by atoms with Gasteiger partial charge in [-0.25, -0.2) is 0 Å². The average molecular weight is 471 g/mol. The maximum absolute atomic E-state index is 7.08. The Morgan fingerprint density at radius 3 is 1.82 bits per heavy atom. The third kappa shape index (κ3) is 6.93. The smallest absolute Gasteiger partial charge is 0.261 e. The van der Waals surface area contributed by atoms with Crippen LogP contribution >= 0.6 is 0 Å². The van der Waals surface area contributed by atoms with Crippen molar-refractivity contribution in [2.75, 3.05) is 6.61 Å². The predicted octanol–water partition coefficient (Wildman–Crippen LogP) is 6.34. The average Bonchev–Trinajstić information content (AvgIpc) is 2.85. The highest BCUT2D eigenvalue weighted by molar-refractivity contribution is 6.99. The fourth-order valence-electron chi connectivity index (χ4n) is 4.37. The molecule has 0 N–H and O–H groups in total. The molecule has 0 aromatic heterocycles. The Bertz CT molecular complexity index is 991. The van der Waals surface area contributed by atoms with E-state index in [4.69, 9.17) is 9.16 Å². The van der Waals surface area contributed by atoms with Crippen molar-refractivity contribution in [1.82, 2.24) is 0 Å². The van der Waals surface area contributed by atoms with Gasteiger partial charge < -0.3 is 9.16 Å². The molecule has 1 atom stereocenters. The fraction of sp³-hybridized carbons (Fsp3) is 0.355. The van der Waals surface area contributed by atoms with Gasteiger partial charge >= 0.3 is 0 Å².